The number of carbonyl (C=O) groups is 1. The molecule has 2 aromatic rings. The third kappa shape index (κ3) is 2.83. The van der Waals surface area contributed by atoms with Gasteiger partial charge >= 0.3 is 0 Å². The van der Waals surface area contributed by atoms with Crippen LogP contribution in [0, 0.1) is 11.3 Å². The normalized spacial score (nSPS) is 10.9. The van der Waals surface area contributed by atoms with E-state index in [1.54, 1.807) is 10.9 Å². The third-order valence-corrected chi connectivity index (χ3v) is 3.02. The zero-order valence-electron chi connectivity index (χ0n) is 11.4. The second-order valence-corrected chi connectivity index (χ2v) is 4.73. The van der Waals surface area contributed by atoms with Crippen molar-refractivity contribution in [3.8, 4) is 11.8 Å². The van der Waals surface area contributed by atoms with Crippen LogP contribution in [-0.2, 0) is 4.79 Å². The van der Waals surface area contributed by atoms with Gasteiger partial charge in [0.25, 0.3) is 0 Å². The Morgan fingerprint density at radius 3 is 2.55 bits per heavy atom. The molecule has 2 rings (SSSR count). The summed E-state index contributed by atoms with van der Waals surface area (Å²) in [5, 5.41) is 13.4. The van der Waals surface area contributed by atoms with Crippen LogP contribution in [-0.4, -0.2) is 16.1 Å². The molecule has 0 bridgehead atoms. The van der Waals surface area contributed by atoms with E-state index in [-0.39, 0.29) is 0 Å². The quantitative estimate of drug-likeness (QED) is 0.630. The van der Waals surface area contributed by atoms with Crippen molar-refractivity contribution in [2.75, 3.05) is 0 Å². The van der Waals surface area contributed by atoms with Crippen molar-refractivity contribution >= 4 is 12.4 Å². The van der Waals surface area contributed by atoms with Crippen molar-refractivity contribution < 1.29 is 4.79 Å². The van der Waals surface area contributed by atoms with Crippen LogP contribution in [0.25, 0.3) is 11.8 Å². The van der Waals surface area contributed by atoms with Gasteiger partial charge < -0.3 is 0 Å². The van der Waals surface area contributed by atoms with Gasteiger partial charge in [0.05, 0.1) is 11.3 Å². The lowest BCUT2D eigenvalue weighted by Crippen LogP contribution is -1.96. The van der Waals surface area contributed by atoms with Crippen LogP contribution in [0.1, 0.15) is 36.6 Å². The summed E-state index contributed by atoms with van der Waals surface area (Å²) in [4.78, 5) is 10.4. The highest BCUT2D eigenvalue weighted by molar-refractivity contribution is 5.74. The van der Waals surface area contributed by atoms with E-state index in [2.05, 4.69) is 37.1 Å². The first kappa shape index (κ1) is 13.8. The van der Waals surface area contributed by atoms with Crippen LogP contribution in [0.5, 0.6) is 0 Å². The monoisotopic (exact) mass is 265 g/mol. The topological polar surface area (TPSA) is 58.7 Å². The molecule has 1 aromatic carbocycles. The highest BCUT2D eigenvalue weighted by Gasteiger charge is 2.07. The van der Waals surface area contributed by atoms with E-state index in [0.29, 0.717) is 23.5 Å². The molecule has 0 saturated carbocycles. The molecule has 0 aliphatic heterocycles. The average Bonchev–Trinajstić information content (AvgIpc) is 2.88. The summed E-state index contributed by atoms with van der Waals surface area (Å²) in [6.45, 7) is 4.28. The molecule has 0 atom stereocenters. The molecule has 20 heavy (non-hydrogen) atoms. The maximum absolute atomic E-state index is 10.4. The number of aromatic nitrogens is 2. The number of carbonyl (C=O) groups excluding carboxylic acids is 1. The first-order valence-corrected chi connectivity index (χ1v) is 6.37. The van der Waals surface area contributed by atoms with Crippen molar-refractivity contribution in [3.05, 3.63) is 53.4 Å². The smallest absolute Gasteiger partial charge is 0.142 e. The van der Waals surface area contributed by atoms with Gasteiger partial charge in [-0.05, 0) is 35.8 Å². The van der Waals surface area contributed by atoms with E-state index < -0.39 is 0 Å². The van der Waals surface area contributed by atoms with Gasteiger partial charge in [0.2, 0.25) is 0 Å². The lowest BCUT2D eigenvalue weighted by molar-refractivity contribution is -0.104. The van der Waals surface area contributed by atoms with E-state index in [1.807, 2.05) is 12.1 Å². The van der Waals surface area contributed by atoms with Gasteiger partial charge in [-0.2, -0.15) is 10.4 Å². The number of benzene rings is 1. The Balaban J connectivity index is 2.38. The number of aldehydes is 1. The summed E-state index contributed by atoms with van der Waals surface area (Å²) in [5.41, 5.74) is 3.07. The van der Waals surface area contributed by atoms with Crippen LogP contribution in [0.2, 0.25) is 0 Å². The van der Waals surface area contributed by atoms with Crippen molar-refractivity contribution in [2.24, 2.45) is 0 Å². The first-order chi connectivity index (χ1) is 9.65. The molecule has 0 N–H and O–H groups in total. The number of hydrogen-bond acceptors (Lipinski definition) is 3. The van der Waals surface area contributed by atoms with E-state index in [9.17, 15) is 4.79 Å². The Morgan fingerprint density at radius 1 is 1.30 bits per heavy atom. The maximum Gasteiger partial charge on any atom is 0.142 e. The van der Waals surface area contributed by atoms with Gasteiger partial charge in [0.15, 0.2) is 0 Å². The highest BCUT2D eigenvalue weighted by atomic mass is 16.1. The van der Waals surface area contributed by atoms with Crippen molar-refractivity contribution in [3.63, 3.8) is 0 Å². The molecule has 0 amide bonds. The third-order valence-electron chi connectivity index (χ3n) is 3.02. The fourth-order valence-corrected chi connectivity index (χ4v) is 1.87. The SMILES string of the molecule is CC(C)c1ccc(-n2cc(C#N)c(/C=C/C=O)n2)cc1. The van der Waals surface area contributed by atoms with Gasteiger partial charge in [0.1, 0.15) is 18.0 Å². The lowest BCUT2D eigenvalue weighted by Gasteiger charge is -2.06. The molecule has 4 nitrogen and oxygen atoms in total. The minimum atomic E-state index is 0.441. The number of rotatable bonds is 4. The Bertz CT molecular complexity index is 673. The molecule has 1 aromatic heterocycles. The van der Waals surface area contributed by atoms with Crippen molar-refractivity contribution in [1.29, 1.82) is 5.26 Å². The van der Waals surface area contributed by atoms with Crippen LogP contribution < -0.4 is 0 Å². The summed E-state index contributed by atoms with van der Waals surface area (Å²) >= 11 is 0. The number of hydrogen-bond donors (Lipinski definition) is 0. The van der Waals surface area contributed by atoms with E-state index in [1.165, 1.54) is 17.7 Å². The molecule has 0 aliphatic carbocycles. The Morgan fingerprint density at radius 2 is 2.00 bits per heavy atom. The standard InChI is InChI=1S/C16H15N3O/c1-12(2)13-5-7-15(8-6-13)19-11-14(10-17)16(18-19)4-3-9-20/h3-9,11-12H,1-2H3/b4-3+. The number of nitriles is 1. The molecule has 0 aliphatic rings. The molecule has 0 unspecified atom stereocenters. The molecule has 0 saturated heterocycles. The second-order valence-electron chi connectivity index (χ2n) is 4.73. The molecular formula is C16H15N3O. The number of allylic oxidation sites excluding steroid dienone is 1. The summed E-state index contributed by atoms with van der Waals surface area (Å²) in [6.07, 6.45) is 5.19. The van der Waals surface area contributed by atoms with Gasteiger partial charge in [-0.1, -0.05) is 26.0 Å². The molecule has 0 radical (unpaired) electrons. The first-order valence-electron chi connectivity index (χ1n) is 6.37. The predicted octanol–water partition coefficient (Wildman–Crippen LogP) is 3.08. The Kier molecular flexibility index (Phi) is 4.11. The largest absolute Gasteiger partial charge is 0.299 e. The number of nitrogens with zero attached hydrogens (tertiary/aromatic N) is 3. The average molecular weight is 265 g/mol. The van der Waals surface area contributed by atoms with E-state index in [0.717, 1.165) is 5.69 Å². The van der Waals surface area contributed by atoms with Crippen LogP contribution in [0.3, 0.4) is 0 Å². The van der Waals surface area contributed by atoms with Gasteiger partial charge in [-0.3, -0.25) is 4.79 Å². The van der Waals surface area contributed by atoms with Crippen LogP contribution in [0.15, 0.2) is 36.5 Å². The van der Waals surface area contributed by atoms with E-state index in [4.69, 9.17) is 5.26 Å². The van der Waals surface area contributed by atoms with Crippen LogP contribution >= 0.6 is 0 Å². The molecule has 0 fully saturated rings. The maximum atomic E-state index is 10.4. The fourth-order valence-electron chi connectivity index (χ4n) is 1.87. The van der Waals surface area contributed by atoms with Crippen molar-refractivity contribution in [1.82, 2.24) is 9.78 Å². The highest BCUT2D eigenvalue weighted by Crippen LogP contribution is 2.18. The summed E-state index contributed by atoms with van der Waals surface area (Å²) < 4.78 is 1.65. The molecular weight excluding hydrogens is 250 g/mol. The van der Waals surface area contributed by atoms with Crippen molar-refractivity contribution in [2.45, 2.75) is 19.8 Å². The summed E-state index contributed by atoms with van der Waals surface area (Å²) in [7, 11) is 0. The van der Waals surface area contributed by atoms with E-state index >= 15 is 0 Å². The fraction of sp³-hybridized carbons (Fsp3) is 0.188. The minimum Gasteiger partial charge on any atom is -0.299 e. The zero-order chi connectivity index (χ0) is 14.5. The molecule has 100 valence electrons. The summed E-state index contributed by atoms with van der Waals surface area (Å²) in [6, 6.07) is 10.1. The van der Waals surface area contributed by atoms with Gasteiger partial charge in [-0.15, -0.1) is 0 Å². The molecule has 4 heteroatoms. The van der Waals surface area contributed by atoms with Gasteiger partial charge in [0, 0.05) is 6.20 Å². The predicted molar refractivity (Wildman–Crippen MR) is 77.5 cm³/mol. The molecule has 1 heterocycles. The lowest BCUT2D eigenvalue weighted by atomic mass is 10.0. The minimum absolute atomic E-state index is 0.441. The van der Waals surface area contributed by atoms with Gasteiger partial charge in [-0.25, -0.2) is 4.68 Å². The second kappa shape index (κ2) is 5.98. The molecule has 0 spiro atoms. The Hall–Kier alpha value is -2.67. The zero-order valence-corrected chi connectivity index (χ0v) is 11.4. The summed E-state index contributed by atoms with van der Waals surface area (Å²) in [5.74, 6) is 0.474. The Labute approximate surface area is 118 Å². The van der Waals surface area contributed by atoms with Crippen LogP contribution in [0.4, 0.5) is 0 Å².